The van der Waals surface area contributed by atoms with Crippen molar-refractivity contribution in [3.05, 3.63) is 64.7 Å². The topological polar surface area (TPSA) is 50.2 Å². The molecule has 1 aliphatic rings. The van der Waals surface area contributed by atoms with Crippen LogP contribution in [-0.4, -0.2) is 15.9 Å². The summed E-state index contributed by atoms with van der Waals surface area (Å²) < 4.78 is 55.6. The van der Waals surface area contributed by atoms with Gasteiger partial charge >= 0.3 is 0 Å². The van der Waals surface area contributed by atoms with E-state index < -0.39 is 47.0 Å². The van der Waals surface area contributed by atoms with Gasteiger partial charge in [0.25, 0.3) is 0 Å². The highest BCUT2D eigenvalue weighted by atomic mass is 19.2. The first-order valence-electron chi connectivity index (χ1n) is 7.82. The molecule has 0 bridgehead atoms. The van der Waals surface area contributed by atoms with Gasteiger partial charge in [-0.1, -0.05) is 6.07 Å². The minimum absolute atomic E-state index is 0.0150. The highest BCUT2D eigenvalue weighted by Gasteiger charge is 2.46. The van der Waals surface area contributed by atoms with Crippen LogP contribution >= 0.6 is 0 Å². The third-order valence-electron chi connectivity index (χ3n) is 4.49. The molecule has 1 heterocycles. The van der Waals surface area contributed by atoms with Crippen LogP contribution in [0.1, 0.15) is 42.2 Å². The second kappa shape index (κ2) is 6.55. The predicted molar refractivity (Wildman–Crippen MR) is 80.9 cm³/mol. The standard InChI is InChI=1S/C18H15F4NO2/c19-10-8-13(20)11(14(21)9-10)3-4-16(25)18(22)6-5-15(24)17-12(18)2-1-7-23-17/h1-2,7-9,15,24H,3-6H2/t15-,18-/m0/s1. The molecule has 0 radical (unpaired) electrons. The summed E-state index contributed by atoms with van der Waals surface area (Å²) in [6.45, 7) is 0. The third-order valence-corrected chi connectivity index (χ3v) is 4.49. The highest BCUT2D eigenvalue weighted by Crippen LogP contribution is 2.43. The lowest BCUT2D eigenvalue weighted by Crippen LogP contribution is -2.37. The molecule has 1 aromatic carbocycles. The number of aliphatic hydroxyl groups excluding tert-OH is 1. The Morgan fingerprint density at radius 1 is 1.28 bits per heavy atom. The summed E-state index contributed by atoms with van der Waals surface area (Å²) in [5, 5.41) is 9.91. The Hall–Kier alpha value is -2.28. The van der Waals surface area contributed by atoms with Crippen molar-refractivity contribution in [1.29, 1.82) is 0 Å². The lowest BCUT2D eigenvalue weighted by atomic mass is 9.77. The highest BCUT2D eigenvalue weighted by molar-refractivity contribution is 5.89. The largest absolute Gasteiger partial charge is 0.387 e. The summed E-state index contributed by atoms with van der Waals surface area (Å²) >= 11 is 0. The van der Waals surface area contributed by atoms with Gasteiger partial charge in [-0.15, -0.1) is 0 Å². The average molecular weight is 353 g/mol. The third kappa shape index (κ3) is 3.16. The summed E-state index contributed by atoms with van der Waals surface area (Å²) in [6.07, 6.45) is -0.631. The van der Waals surface area contributed by atoms with Crippen LogP contribution in [0.3, 0.4) is 0 Å². The number of hydrogen-bond donors (Lipinski definition) is 1. The minimum atomic E-state index is -2.37. The van der Waals surface area contributed by atoms with Gasteiger partial charge in [-0.2, -0.15) is 0 Å². The first kappa shape index (κ1) is 17.5. The number of carbonyl (C=O) groups is 1. The zero-order valence-corrected chi connectivity index (χ0v) is 13.1. The molecule has 0 saturated heterocycles. The fraction of sp³-hybridized carbons (Fsp3) is 0.333. The van der Waals surface area contributed by atoms with Gasteiger partial charge in [-0.05, 0) is 25.3 Å². The van der Waals surface area contributed by atoms with E-state index in [0.717, 1.165) is 0 Å². The Bertz CT molecular complexity index is 803. The Kier molecular flexibility index (Phi) is 4.60. The maximum absolute atomic E-state index is 15.4. The van der Waals surface area contributed by atoms with Crippen molar-refractivity contribution in [1.82, 2.24) is 4.98 Å². The smallest absolute Gasteiger partial charge is 0.195 e. The molecule has 0 saturated carbocycles. The number of aliphatic hydroxyl groups is 1. The fourth-order valence-corrected chi connectivity index (χ4v) is 3.16. The molecule has 1 aliphatic carbocycles. The zero-order valence-electron chi connectivity index (χ0n) is 13.1. The van der Waals surface area contributed by atoms with Crippen molar-refractivity contribution >= 4 is 5.78 Å². The van der Waals surface area contributed by atoms with Crippen LogP contribution in [0.15, 0.2) is 30.5 Å². The van der Waals surface area contributed by atoms with Crippen LogP contribution in [0, 0.1) is 17.5 Å². The Morgan fingerprint density at radius 2 is 1.96 bits per heavy atom. The summed E-state index contributed by atoms with van der Waals surface area (Å²) in [7, 11) is 0. The molecular weight excluding hydrogens is 338 g/mol. The maximum atomic E-state index is 15.4. The molecule has 0 fully saturated rings. The number of aromatic nitrogens is 1. The first-order chi connectivity index (χ1) is 11.8. The number of ketones is 1. The number of hydrogen-bond acceptors (Lipinski definition) is 3. The van der Waals surface area contributed by atoms with Crippen LogP contribution < -0.4 is 0 Å². The van der Waals surface area contributed by atoms with E-state index in [4.69, 9.17) is 0 Å². The normalized spacial score (nSPS) is 22.5. The van der Waals surface area contributed by atoms with E-state index >= 15 is 4.39 Å². The average Bonchev–Trinajstić information content (AvgIpc) is 2.57. The summed E-state index contributed by atoms with van der Waals surface area (Å²) in [6, 6.07) is 3.87. The van der Waals surface area contributed by atoms with E-state index in [1.807, 2.05) is 0 Å². The number of benzene rings is 1. The van der Waals surface area contributed by atoms with Gasteiger partial charge in [0, 0.05) is 35.9 Å². The van der Waals surface area contributed by atoms with E-state index in [-0.39, 0.29) is 30.5 Å². The number of pyridine rings is 1. The molecule has 3 nitrogen and oxygen atoms in total. The molecule has 2 aromatic rings. The lowest BCUT2D eigenvalue weighted by molar-refractivity contribution is -0.133. The van der Waals surface area contributed by atoms with Gasteiger partial charge in [0.05, 0.1) is 11.8 Å². The van der Waals surface area contributed by atoms with Crippen LogP contribution in [0.2, 0.25) is 0 Å². The van der Waals surface area contributed by atoms with Crippen molar-refractivity contribution in [2.75, 3.05) is 0 Å². The number of fused-ring (bicyclic) bond motifs is 1. The number of rotatable bonds is 4. The number of nitrogens with zero attached hydrogens (tertiary/aromatic N) is 1. The van der Waals surface area contributed by atoms with Gasteiger partial charge in [0.2, 0.25) is 0 Å². The Morgan fingerprint density at radius 3 is 2.64 bits per heavy atom. The SMILES string of the molecule is O=C(CCc1c(F)cc(F)cc1F)[C@]1(F)CC[C@H](O)c2ncccc21. The van der Waals surface area contributed by atoms with Gasteiger partial charge in [0.15, 0.2) is 11.5 Å². The zero-order chi connectivity index (χ0) is 18.2. The molecule has 132 valence electrons. The molecule has 0 unspecified atom stereocenters. The van der Waals surface area contributed by atoms with Crippen molar-refractivity contribution in [2.45, 2.75) is 37.5 Å². The first-order valence-corrected chi connectivity index (χ1v) is 7.82. The maximum Gasteiger partial charge on any atom is 0.195 e. The molecule has 7 heteroatoms. The molecule has 1 N–H and O–H groups in total. The molecule has 25 heavy (non-hydrogen) atoms. The summed E-state index contributed by atoms with van der Waals surface area (Å²) in [4.78, 5) is 16.4. The van der Waals surface area contributed by atoms with Crippen LogP contribution in [0.4, 0.5) is 17.6 Å². The van der Waals surface area contributed by atoms with Crippen molar-refractivity contribution in [3.8, 4) is 0 Å². The van der Waals surface area contributed by atoms with Gasteiger partial charge in [0.1, 0.15) is 17.5 Å². The monoisotopic (exact) mass is 353 g/mol. The second-order valence-electron chi connectivity index (χ2n) is 6.06. The molecule has 0 aliphatic heterocycles. The van der Waals surface area contributed by atoms with E-state index in [2.05, 4.69) is 4.98 Å². The van der Waals surface area contributed by atoms with Crippen molar-refractivity contribution < 1.29 is 27.5 Å². The Balaban J connectivity index is 1.84. The van der Waals surface area contributed by atoms with Crippen LogP contribution in [0.25, 0.3) is 0 Å². The van der Waals surface area contributed by atoms with Gasteiger partial charge < -0.3 is 5.11 Å². The molecule has 3 rings (SSSR count). The lowest BCUT2D eigenvalue weighted by Gasteiger charge is -2.32. The second-order valence-corrected chi connectivity index (χ2v) is 6.06. The predicted octanol–water partition coefficient (Wildman–Crippen LogP) is 3.69. The fourth-order valence-electron chi connectivity index (χ4n) is 3.16. The number of Topliss-reactive ketones (excluding diaryl/α,β-unsaturated/α-hetero) is 1. The van der Waals surface area contributed by atoms with E-state index in [9.17, 15) is 23.1 Å². The Labute approximate surface area is 141 Å². The van der Waals surface area contributed by atoms with Gasteiger partial charge in [-0.3, -0.25) is 9.78 Å². The summed E-state index contributed by atoms with van der Waals surface area (Å²) in [5.41, 5.74) is -2.74. The molecule has 0 spiro atoms. The van der Waals surface area contributed by atoms with Crippen LogP contribution in [-0.2, 0) is 16.9 Å². The van der Waals surface area contributed by atoms with E-state index in [1.165, 1.54) is 18.3 Å². The summed E-state index contributed by atoms with van der Waals surface area (Å²) in [5.74, 6) is -4.14. The quantitative estimate of drug-likeness (QED) is 0.853. The van der Waals surface area contributed by atoms with Crippen molar-refractivity contribution in [3.63, 3.8) is 0 Å². The molecule has 1 aromatic heterocycles. The minimum Gasteiger partial charge on any atom is -0.387 e. The van der Waals surface area contributed by atoms with Gasteiger partial charge in [-0.25, -0.2) is 17.6 Å². The van der Waals surface area contributed by atoms with E-state index in [0.29, 0.717) is 12.1 Å². The van der Waals surface area contributed by atoms with E-state index in [1.54, 1.807) is 0 Å². The van der Waals surface area contributed by atoms with Crippen molar-refractivity contribution in [2.24, 2.45) is 0 Å². The molecular formula is C18H15F4NO2. The van der Waals surface area contributed by atoms with Crippen LogP contribution in [0.5, 0.6) is 0 Å². The number of alkyl halides is 1. The molecule has 0 amide bonds. The molecule has 2 atom stereocenters. The number of carbonyl (C=O) groups excluding carboxylic acids is 1. The number of halogens is 4.